The molecule has 0 aromatic carbocycles. The van der Waals surface area contributed by atoms with Crippen molar-refractivity contribution in [3.8, 4) is 0 Å². The van der Waals surface area contributed by atoms with Gasteiger partial charge in [-0.2, -0.15) is 0 Å². The van der Waals surface area contributed by atoms with Gasteiger partial charge in [0.2, 0.25) is 0 Å². The molecule has 0 saturated heterocycles. The second-order valence-corrected chi connectivity index (χ2v) is 7.58. The maximum atomic E-state index is 9.68. The highest BCUT2D eigenvalue weighted by Gasteiger charge is 2.23. The van der Waals surface area contributed by atoms with Crippen LogP contribution < -0.4 is 5.32 Å². The van der Waals surface area contributed by atoms with Crippen LogP contribution in [0.5, 0.6) is 0 Å². The maximum absolute atomic E-state index is 9.68. The molecular weight excluding hydrogens is 308 g/mol. The van der Waals surface area contributed by atoms with Crippen molar-refractivity contribution >= 4 is 5.84 Å². The van der Waals surface area contributed by atoms with Gasteiger partial charge in [-0.05, 0) is 25.8 Å². The van der Waals surface area contributed by atoms with Crippen LogP contribution in [-0.2, 0) is 0 Å². The molecule has 146 valence electrons. The van der Waals surface area contributed by atoms with Gasteiger partial charge in [-0.1, -0.05) is 83.6 Å². The van der Waals surface area contributed by atoms with E-state index in [4.69, 9.17) is 0 Å². The van der Waals surface area contributed by atoms with Crippen LogP contribution in [0.1, 0.15) is 97.3 Å². The molecule has 0 bridgehead atoms. The zero-order chi connectivity index (χ0) is 18.2. The minimum absolute atomic E-state index is 0.382. The van der Waals surface area contributed by atoms with Crippen molar-refractivity contribution < 1.29 is 9.68 Å². The first kappa shape index (κ1) is 22.2. The normalized spacial score (nSPS) is 16.0. The number of nitrogens with one attached hydrogen (secondary N) is 1. The average molecular weight is 352 g/mol. The van der Waals surface area contributed by atoms with Crippen LogP contribution in [0, 0.1) is 0 Å². The molecule has 0 aromatic rings. The Kier molecular flexibility index (Phi) is 13.7. The predicted molar refractivity (Wildman–Crippen MR) is 110 cm³/mol. The van der Waals surface area contributed by atoms with E-state index in [1.165, 1.54) is 83.5 Å². The molecule has 25 heavy (non-hydrogen) atoms. The van der Waals surface area contributed by atoms with Crippen LogP contribution in [-0.4, -0.2) is 41.3 Å². The van der Waals surface area contributed by atoms with E-state index in [0.29, 0.717) is 0 Å². The fourth-order valence-electron chi connectivity index (χ4n) is 3.58. The van der Waals surface area contributed by atoms with Crippen LogP contribution >= 0.6 is 0 Å². The van der Waals surface area contributed by atoms with Gasteiger partial charge in [-0.3, -0.25) is 9.89 Å². The fourth-order valence-corrected chi connectivity index (χ4v) is 3.58. The number of hydrogen-bond donors (Lipinski definition) is 2. The first-order chi connectivity index (χ1) is 12.3. The molecular formula is C22H43N2O+. The lowest BCUT2D eigenvalue weighted by molar-refractivity contribution is -0.510. The topological polar surface area (TPSA) is 35.3 Å². The highest BCUT2D eigenvalue weighted by Crippen LogP contribution is 2.12. The first-order valence-electron chi connectivity index (χ1n) is 10.9. The summed E-state index contributed by atoms with van der Waals surface area (Å²) in [5, 5.41) is 12.9. The van der Waals surface area contributed by atoms with Crippen LogP contribution in [0.25, 0.3) is 0 Å². The summed E-state index contributed by atoms with van der Waals surface area (Å²) in [4.78, 5) is 0. The first-order valence-corrected chi connectivity index (χ1v) is 10.9. The quantitative estimate of drug-likeness (QED) is 0.232. The van der Waals surface area contributed by atoms with E-state index in [1.54, 1.807) is 0 Å². The van der Waals surface area contributed by atoms with E-state index in [1.807, 2.05) is 6.92 Å². The van der Waals surface area contributed by atoms with Gasteiger partial charge in [0.15, 0.2) is 6.10 Å². The molecule has 1 heterocycles. The Morgan fingerprint density at radius 2 is 1.48 bits per heavy atom. The van der Waals surface area contributed by atoms with E-state index in [0.717, 1.165) is 25.5 Å². The number of nitrogens with zero attached hydrogens (tertiary/aromatic N) is 1. The number of allylic oxidation sites excluding steroid dienone is 1. The summed E-state index contributed by atoms with van der Waals surface area (Å²) >= 11 is 0. The van der Waals surface area contributed by atoms with Crippen LogP contribution in [0.4, 0.5) is 0 Å². The molecule has 1 aliphatic rings. The summed E-state index contributed by atoms with van der Waals surface area (Å²) < 4.78 is 2.24. The fraction of sp³-hybridized carbons (Fsp3) is 0.864. The van der Waals surface area contributed by atoms with Crippen molar-refractivity contribution in [1.29, 1.82) is 0 Å². The van der Waals surface area contributed by atoms with Gasteiger partial charge in [0, 0.05) is 0 Å². The third-order valence-corrected chi connectivity index (χ3v) is 5.14. The molecule has 2 N–H and O–H groups in total. The number of amidine groups is 1. The third kappa shape index (κ3) is 11.4. The average Bonchev–Trinajstić information content (AvgIpc) is 3.07. The van der Waals surface area contributed by atoms with E-state index in [2.05, 4.69) is 29.0 Å². The Morgan fingerprint density at radius 1 is 0.920 bits per heavy atom. The maximum Gasteiger partial charge on any atom is 0.274 e. The largest absolute Gasteiger partial charge is 0.381 e. The Morgan fingerprint density at radius 3 is 2.04 bits per heavy atom. The molecule has 0 aliphatic carbocycles. The molecule has 0 aromatic heterocycles. The molecule has 1 unspecified atom stereocenters. The second kappa shape index (κ2) is 15.4. The van der Waals surface area contributed by atoms with E-state index >= 15 is 0 Å². The number of aliphatic hydroxyl groups excluding tert-OH is 1. The molecule has 0 radical (unpaired) electrons. The van der Waals surface area contributed by atoms with Crippen LogP contribution in [0.3, 0.4) is 0 Å². The minimum atomic E-state index is -0.382. The number of aliphatic hydroxyl groups is 1. The van der Waals surface area contributed by atoms with Crippen molar-refractivity contribution in [2.45, 2.75) is 103 Å². The summed E-state index contributed by atoms with van der Waals surface area (Å²) in [6.07, 6.45) is 22.3. The summed E-state index contributed by atoms with van der Waals surface area (Å²) in [7, 11) is 0. The lowest BCUT2D eigenvalue weighted by Gasteiger charge is -2.03. The van der Waals surface area contributed by atoms with E-state index < -0.39 is 0 Å². The van der Waals surface area contributed by atoms with Crippen molar-refractivity contribution in [3.05, 3.63) is 12.2 Å². The van der Waals surface area contributed by atoms with Gasteiger partial charge in [0.1, 0.15) is 19.6 Å². The molecule has 3 nitrogen and oxygen atoms in total. The minimum Gasteiger partial charge on any atom is -0.381 e. The van der Waals surface area contributed by atoms with Crippen molar-refractivity contribution in [2.75, 3.05) is 19.6 Å². The molecule has 0 amide bonds. The predicted octanol–water partition coefficient (Wildman–Crippen LogP) is 5.03. The van der Waals surface area contributed by atoms with Crippen molar-refractivity contribution in [2.24, 2.45) is 0 Å². The number of rotatable bonds is 16. The van der Waals surface area contributed by atoms with Crippen LogP contribution in [0.15, 0.2) is 12.2 Å². The Labute approximate surface area is 156 Å². The molecule has 0 saturated carbocycles. The highest BCUT2D eigenvalue weighted by molar-refractivity contribution is 5.82. The van der Waals surface area contributed by atoms with E-state index in [9.17, 15) is 5.11 Å². The van der Waals surface area contributed by atoms with Gasteiger partial charge in [-0.25, -0.2) is 0 Å². The van der Waals surface area contributed by atoms with Gasteiger partial charge in [0.05, 0.1) is 0 Å². The summed E-state index contributed by atoms with van der Waals surface area (Å²) in [6.45, 7) is 6.99. The molecule has 1 atom stereocenters. The summed E-state index contributed by atoms with van der Waals surface area (Å²) in [5.41, 5.74) is 0. The van der Waals surface area contributed by atoms with Gasteiger partial charge in [-0.15, -0.1) is 0 Å². The molecule has 1 aliphatic heterocycles. The lowest BCUT2D eigenvalue weighted by Crippen LogP contribution is -2.33. The smallest absolute Gasteiger partial charge is 0.274 e. The van der Waals surface area contributed by atoms with Crippen molar-refractivity contribution in [1.82, 2.24) is 5.32 Å². The van der Waals surface area contributed by atoms with Gasteiger partial charge in [0.25, 0.3) is 5.84 Å². The highest BCUT2D eigenvalue weighted by atomic mass is 16.3. The molecule has 0 spiro atoms. The van der Waals surface area contributed by atoms with Crippen LogP contribution in [0.2, 0.25) is 0 Å². The van der Waals surface area contributed by atoms with Gasteiger partial charge < -0.3 is 5.11 Å². The second-order valence-electron chi connectivity index (χ2n) is 7.58. The standard InChI is InChI=1S/C22H42N2O/c1-3-4-5-6-7-8-9-10-11-12-13-14-15-16-17-19-24-20-18-23-22(24)21(2)25/h16-17,21,25H,3-15,18-20H2,1-2H3/p+1. The zero-order valence-electron chi connectivity index (χ0n) is 16.9. The van der Waals surface area contributed by atoms with Gasteiger partial charge >= 0.3 is 0 Å². The Balaban J connectivity index is 1.86. The molecule has 3 heteroatoms. The Bertz CT molecular complexity index is 374. The zero-order valence-corrected chi connectivity index (χ0v) is 16.9. The summed E-state index contributed by atoms with van der Waals surface area (Å²) in [5.74, 6) is 0.981. The monoisotopic (exact) mass is 351 g/mol. The lowest BCUT2D eigenvalue weighted by atomic mass is 10.0. The molecule has 1 rings (SSSR count). The molecule has 0 fully saturated rings. The van der Waals surface area contributed by atoms with Crippen molar-refractivity contribution in [3.63, 3.8) is 0 Å². The Hall–Kier alpha value is -0.830. The number of unbranched alkanes of at least 4 members (excludes halogenated alkanes) is 12. The summed E-state index contributed by atoms with van der Waals surface area (Å²) in [6, 6.07) is 0. The third-order valence-electron chi connectivity index (χ3n) is 5.14. The SMILES string of the molecule is CCCCCCCCCCCCCCC=CC[N+]1=C(C(C)O)NCC1. The van der Waals surface area contributed by atoms with E-state index in [-0.39, 0.29) is 6.10 Å². The number of hydrogen-bond acceptors (Lipinski definition) is 2.